The average Bonchev–Trinajstić information content (AvgIpc) is 2.92. The fourth-order valence-corrected chi connectivity index (χ4v) is 4.18. The molecule has 1 N–H and O–H groups in total. The molecule has 1 atom stereocenters. The Labute approximate surface area is 168 Å². The van der Waals surface area contributed by atoms with Crippen LogP contribution in [0.25, 0.3) is 16.7 Å². The number of piperidine rings is 1. The number of halogens is 1. The topological polar surface area (TPSA) is 71.2 Å². The molecule has 3 aromatic rings. The van der Waals surface area contributed by atoms with Gasteiger partial charge in [-0.25, -0.2) is 9.97 Å². The Morgan fingerprint density at radius 1 is 1.18 bits per heavy atom. The van der Waals surface area contributed by atoms with Crippen LogP contribution in [0.1, 0.15) is 29.9 Å². The normalized spacial score (nSPS) is 17.3. The number of carboxylic acid groups (broad SMARTS) is 1. The summed E-state index contributed by atoms with van der Waals surface area (Å²) in [4.78, 5) is 23.1. The molecule has 7 heteroatoms. The van der Waals surface area contributed by atoms with Crippen molar-refractivity contribution in [3.63, 3.8) is 0 Å². The third-order valence-corrected chi connectivity index (χ3v) is 5.85. The third-order valence-electron chi connectivity index (χ3n) is 5.60. The largest absolute Gasteiger partial charge is 0.481 e. The second kappa shape index (κ2) is 7.09. The molecule has 2 aromatic heterocycles. The lowest BCUT2D eigenvalue weighted by Gasteiger charge is -2.32. The van der Waals surface area contributed by atoms with Crippen molar-refractivity contribution in [3.05, 3.63) is 46.4 Å². The van der Waals surface area contributed by atoms with Gasteiger partial charge in [-0.15, -0.1) is 0 Å². The molecule has 4 rings (SSSR count). The minimum Gasteiger partial charge on any atom is -0.481 e. The summed E-state index contributed by atoms with van der Waals surface area (Å²) in [6.07, 6.45) is 1.56. The van der Waals surface area contributed by atoms with Crippen LogP contribution in [0.15, 0.2) is 24.3 Å². The number of carbonyl (C=O) groups is 1. The number of rotatable bonds is 3. The van der Waals surface area contributed by atoms with E-state index in [-0.39, 0.29) is 5.92 Å². The SMILES string of the molecule is Cc1nc(N2CCCC(C(=O)O)C2)c2c(C)c(C)n(-c3ccc(Cl)cc3)c2n1. The van der Waals surface area contributed by atoms with E-state index in [0.29, 0.717) is 23.8 Å². The second-order valence-electron chi connectivity index (χ2n) is 7.44. The summed E-state index contributed by atoms with van der Waals surface area (Å²) in [5.74, 6) is 0.409. The van der Waals surface area contributed by atoms with Gasteiger partial charge in [0.25, 0.3) is 0 Å². The molecule has 0 radical (unpaired) electrons. The lowest BCUT2D eigenvalue weighted by Crippen LogP contribution is -2.39. The summed E-state index contributed by atoms with van der Waals surface area (Å²) in [6, 6.07) is 7.70. The smallest absolute Gasteiger partial charge is 0.308 e. The molecular formula is C21H23ClN4O2. The minimum atomic E-state index is -0.738. The van der Waals surface area contributed by atoms with Crippen LogP contribution >= 0.6 is 11.6 Å². The number of aliphatic carboxylic acids is 1. The van der Waals surface area contributed by atoms with Gasteiger partial charge in [0, 0.05) is 29.5 Å². The first-order valence-electron chi connectivity index (χ1n) is 9.46. The van der Waals surface area contributed by atoms with Gasteiger partial charge in [0.2, 0.25) is 0 Å². The molecule has 1 aromatic carbocycles. The predicted molar refractivity (Wildman–Crippen MR) is 111 cm³/mol. The van der Waals surface area contributed by atoms with Crippen molar-refractivity contribution in [2.75, 3.05) is 18.0 Å². The molecule has 1 fully saturated rings. The summed E-state index contributed by atoms with van der Waals surface area (Å²) in [5, 5.41) is 11.1. The Hall–Kier alpha value is -2.60. The molecule has 0 saturated carbocycles. The van der Waals surface area contributed by atoms with Crippen LogP contribution in [-0.4, -0.2) is 38.7 Å². The van der Waals surface area contributed by atoms with Gasteiger partial charge in [0.1, 0.15) is 11.6 Å². The molecule has 1 aliphatic rings. The van der Waals surface area contributed by atoms with E-state index in [2.05, 4.69) is 23.3 Å². The highest BCUT2D eigenvalue weighted by atomic mass is 35.5. The van der Waals surface area contributed by atoms with E-state index in [9.17, 15) is 9.90 Å². The number of hydrogen-bond donors (Lipinski definition) is 1. The van der Waals surface area contributed by atoms with E-state index in [1.807, 2.05) is 31.2 Å². The van der Waals surface area contributed by atoms with Crippen LogP contribution < -0.4 is 4.90 Å². The molecule has 1 unspecified atom stereocenters. The monoisotopic (exact) mass is 398 g/mol. The van der Waals surface area contributed by atoms with E-state index in [4.69, 9.17) is 21.6 Å². The molecule has 6 nitrogen and oxygen atoms in total. The zero-order valence-electron chi connectivity index (χ0n) is 16.2. The fraction of sp³-hybridized carbons (Fsp3) is 0.381. The maximum absolute atomic E-state index is 11.5. The lowest BCUT2D eigenvalue weighted by molar-refractivity contribution is -0.141. The Balaban J connectivity index is 1.91. The fourth-order valence-electron chi connectivity index (χ4n) is 4.05. The van der Waals surface area contributed by atoms with Crippen LogP contribution in [0.2, 0.25) is 5.02 Å². The quantitative estimate of drug-likeness (QED) is 0.712. The molecule has 0 spiro atoms. The van der Waals surface area contributed by atoms with Gasteiger partial charge in [-0.3, -0.25) is 9.36 Å². The highest BCUT2D eigenvalue weighted by molar-refractivity contribution is 6.30. The summed E-state index contributed by atoms with van der Waals surface area (Å²) in [5.41, 5.74) is 4.03. The first kappa shape index (κ1) is 18.7. The summed E-state index contributed by atoms with van der Waals surface area (Å²) >= 11 is 6.06. The zero-order chi connectivity index (χ0) is 20.0. The van der Waals surface area contributed by atoms with E-state index >= 15 is 0 Å². The maximum atomic E-state index is 11.5. The van der Waals surface area contributed by atoms with Crippen LogP contribution in [0, 0.1) is 26.7 Å². The van der Waals surface area contributed by atoms with Crippen molar-refractivity contribution in [1.82, 2.24) is 14.5 Å². The average molecular weight is 399 g/mol. The van der Waals surface area contributed by atoms with E-state index in [0.717, 1.165) is 46.8 Å². The Bertz CT molecular complexity index is 1060. The van der Waals surface area contributed by atoms with E-state index in [1.165, 1.54) is 0 Å². The van der Waals surface area contributed by atoms with Gasteiger partial charge < -0.3 is 10.0 Å². The van der Waals surface area contributed by atoms with Gasteiger partial charge >= 0.3 is 5.97 Å². The standard InChI is InChI=1S/C21H23ClN4O2/c1-12-13(2)26(17-8-6-16(22)7-9-17)20-18(12)19(23-14(3)24-20)25-10-4-5-15(11-25)21(27)28/h6-9,15H,4-5,10-11H2,1-3H3,(H,27,28). The van der Waals surface area contributed by atoms with Crippen molar-refractivity contribution in [3.8, 4) is 5.69 Å². The van der Waals surface area contributed by atoms with Gasteiger partial charge in [0.15, 0.2) is 5.65 Å². The van der Waals surface area contributed by atoms with E-state index in [1.54, 1.807) is 0 Å². The van der Waals surface area contributed by atoms with Crippen molar-refractivity contribution < 1.29 is 9.90 Å². The zero-order valence-corrected chi connectivity index (χ0v) is 17.0. The number of fused-ring (bicyclic) bond motifs is 1. The number of hydrogen-bond acceptors (Lipinski definition) is 4. The summed E-state index contributed by atoms with van der Waals surface area (Å²) in [7, 11) is 0. The molecule has 28 heavy (non-hydrogen) atoms. The summed E-state index contributed by atoms with van der Waals surface area (Å²) < 4.78 is 2.12. The third kappa shape index (κ3) is 3.11. The Morgan fingerprint density at radius 3 is 2.57 bits per heavy atom. The van der Waals surface area contributed by atoms with E-state index < -0.39 is 5.97 Å². The Kier molecular flexibility index (Phi) is 4.75. The molecule has 0 bridgehead atoms. The van der Waals surface area contributed by atoms with Crippen LogP contribution in [0.3, 0.4) is 0 Å². The van der Waals surface area contributed by atoms with Crippen molar-refractivity contribution in [2.45, 2.75) is 33.6 Å². The predicted octanol–water partition coefficient (Wildman–Crippen LogP) is 4.30. The van der Waals surface area contributed by atoms with Crippen LogP contribution in [0.5, 0.6) is 0 Å². The van der Waals surface area contributed by atoms with Gasteiger partial charge in [-0.1, -0.05) is 11.6 Å². The molecule has 3 heterocycles. The number of nitrogens with zero attached hydrogens (tertiary/aromatic N) is 4. The molecule has 0 amide bonds. The molecule has 1 saturated heterocycles. The van der Waals surface area contributed by atoms with Crippen molar-refractivity contribution in [1.29, 1.82) is 0 Å². The highest BCUT2D eigenvalue weighted by Gasteiger charge is 2.29. The number of benzene rings is 1. The molecule has 1 aliphatic heterocycles. The summed E-state index contributed by atoms with van der Waals surface area (Å²) in [6.45, 7) is 7.31. The van der Waals surface area contributed by atoms with Crippen LogP contribution in [-0.2, 0) is 4.79 Å². The number of aryl methyl sites for hydroxylation is 2. The number of carboxylic acids is 1. The number of anilines is 1. The van der Waals surface area contributed by atoms with Crippen molar-refractivity contribution >= 4 is 34.4 Å². The van der Waals surface area contributed by atoms with Gasteiger partial charge in [-0.2, -0.15) is 0 Å². The Morgan fingerprint density at radius 2 is 1.89 bits per heavy atom. The van der Waals surface area contributed by atoms with Crippen LogP contribution in [0.4, 0.5) is 5.82 Å². The van der Waals surface area contributed by atoms with Crippen molar-refractivity contribution in [2.24, 2.45) is 5.92 Å². The first-order chi connectivity index (χ1) is 13.4. The second-order valence-corrected chi connectivity index (χ2v) is 7.88. The highest BCUT2D eigenvalue weighted by Crippen LogP contribution is 2.35. The molecule has 146 valence electrons. The number of aromatic nitrogens is 3. The molecular weight excluding hydrogens is 376 g/mol. The maximum Gasteiger partial charge on any atom is 0.308 e. The molecule has 0 aliphatic carbocycles. The van der Waals surface area contributed by atoms with Gasteiger partial charge in [-0.05, 0) is 63.4 Å². The lowest BCUT2D eigenvalue weighted by atomic mass is 9.98. The van der Waals surface area contributed by atoms with Gasteiger partial charge in [0.05, 0.1) is 11.3 Å². The first-order valence-corrected chi connectivity index (χ1v) is 9.84. The minimum absolute atomic E-state index is 0.362.